The van der Waals surface area contributed by atoms with E-state index in [0.717, 1.165) is 6.42 Å². The van der Waals surface area contributed by atoms with Crippen molar-refractivity contribution in [3.8, 4) is 0 Å². The van der Waals surface area contributed by atoms with Gasteiger partial charge in [-0.3, -0.25) is 14.4 Å². The lowest BCUT2D eigenvalue weighted by Crippen LogP contribution is -2.09. The molecule has 0 heterocycles. The number of carbonyl (C=O) groups excluding carboxylic acids is 3. The average molecular weight is 294 g/mol. The maximum Gasteiger partial charge on any atom is 0.170 e. The molecule has 0 amide bonds. The Bertz CT molecular complexity index is 670. The van der Waals surface area contributed by atoms with Gasteiger partial charge in [-0.15, -0.1) is 0 Å². The Kier molecular flexibility index (Phi) is 5.37. The fourth-order valence-electron chi connectivity index (χ4n) is 2.19. The minimum Gasteiger partial charge on any atom is -0.294 e. The molecular formula is C19H18O3. The van der Waals surface area contributed by atoms with Crippen LogP contribution in [0.2, 0.25) is 0 Å². The molecule has 0 spiro atoms. The molecule has 3 nitrogen and oxygen atoms in total. The zero-order valence-electron chi connectivity index (χ0n) is 12.5. The Balaban J connectivity index is 2.04. The summed E-state index contributed by atoms with van der Waals surface area (Å²) in [5.41, 5.74) is 1.59. The van der Waals surface area contributed by atoms with Gasteiger partial charge in [-0.25, -0.2) is 0 Å². The summed E-state index contributed by atoms with van der Waals surface area (Å²) in [6.07, 6.45) is 1.14. The highest BCUT2D eigenvalue weighted by Crippen LogP contribution is 2.12. The van der Waals surface area contributed by atoms with Gasteiger partial charge in [0.25, 0.3) is 0 Å². The van der Waals surface area contributed by atoms with Crippen LogP contribution in [0.4, 0.5) is 0 Å². The van der Waals surface area contributed by atoms with E-state index in [2.05, 4.69) is 0 Å². The molecule has 2 aromatic rings. The van der Waals surface area contributed by atoms with E-state index in [1.54, 1.807) is 48.5 Å². The van der Waals surface area contributed by atoms with Gasteiger partial charge in [0.1, 0.15) is 0 Å². The molecule has 2 rings (SSSR count). The molecule has 0 fully saturated rings. The Morgan fingerprint density at radius 1 is 0.682 bits per heavy atom. The van der Waals surface area contributed by atoms with E-state index in [1.807, 2.05) is 13.0 Å². The Hall–Kier alpha value is -2.55. The summed E-state index contributed by atoms with van der Waals surface area (Å²) in [7, 11) is 0. The Labute approximate surface area is 130 Å². The zero-order chi connectivity index (χ0) is 15.9. The van der Waals surface area contributed by atoms with Crippen LogP contribution in [-0.2, 0) is 0 Å². The number of carbonyl (C=O) groups is 3. The first kappa shape index (κ1) is 15.8. The van der Waals surface area contributed by atoms with Gasteiger partial charge >= 0.3 is 0 Å². The lowest BCUT2D eigenvalue weighted by molar-refractivity contribution is 0.0892. The topological polar surface area (TPSA) is 51.2 Å². The monoisotopic (exact) mass is 294 g/mol. The molecule has 2 aromatic carbocycles. The number of hydrogen-bond donors (Lipinski definition) is 0. The molecule has 0 N–H and O–H groups in total. The van der Waals surface area contributed by atoms with E-state index in [4.69, 9.17) is 0 Å². The second-order valence-corrected chi connectivity index (χ2v) is 5.14. The van der Waals surface area contributed by atoms with Crippen molar-refractivity contribution in [2.24, 2.45) is 0 Å². The van der Waals surface area contributed by atoms with Crippen LogP contribution >= 0.6 is 0 Å². The van der Waals surface area contributed by atoms with Gasteiger partial charge in [0.15, 0.2) is 17.3 Å². The Morgan fingerprint density at radius 2 is 1.14 bits per heavy atom. The summed E-state index contributed by atoms with van der Waals surface area (Å²) in [6, 6.07) is 15.3. The van der Waals surface area contributed by atoms with E-state index >= 15 is 0 Å². The molecular weight excluding hydrogens is 276 g/mol. The molecule has 0 radical (unpaired) electrons. The van der Waals surface area contributed by atoms with E-state index in [9.17, 15) is 14.4 Å². The van der Waals surface area contributed by atoms with Crippen LogP contribution in [0, 0.1) is 0 Å². The van der Waals surface area contributed by atoms with Crippen molar-refractivity contribution in [1.29, 1.82) is 0 Å². The van der Waals surface area contributed by atoms with Crippen LogP contribution in [0.3, 0.4) is 0 Å². The SMILES string of the molecule is CCCC(=O)c1ccc(C(=O)CC(=O)c2ccccc2)cc1. The molecule has 0 aliphatic carbocycles. The molecule has 0 aliphatic heterocycles. The van der Waals surface area contributed by atoms with Gasteiger partial charge in [0, 0.05) is 23.1 Å². The largest absolute Gasteiger partial charge is 0.294 e. The lowest BCUT2D eigenvalue weighted by atomic mass is 9.99. The fourth-order valence-corrected chi connectivity index (χ4v) is 2.19. The molecule has 0 saturated heterocycles. The van der Waals surface area contributed by atoms with E-state index in [-0.39, 0.29) is 23.8 Å². The van der Waals surface area contributed by atoms with Crippen molar-refractivity contribution in [2.75, 3.05) is 0 Å². The minimum atomic E-state index is -0.233. The summed E-state index contributed by atoms with van der Waals surface area (Å²) in [5.74, 6) is -0.359. The third-order valence-electron chi connectivity index (χ3n) is 3.42. The van der Waals surface area contributed by atoms with Crippen LogP contribution in [0.1, 0.15) is 57.3 Å². The minimum absolute atomic E-state index is 0.0712. The van der Waals surface area contributed by atoms with Crippen molar-refractivity contribution < 1.29 is 14.4 Å². The van der Waals surface area contributed by atoms with Crippen LogP contribution in [0.25, 0.3) is 0 Å². The predicted molar refractivity (Wildman–Crippen MR) is 85.4 cm³/mol. The van der Waals surface area contributed by atoms with Crippen LogP contribution in [0.5, 0.6) is 0 Å². The van der Waals surface area contributed by atoms with Crippen molar-refractivity contribution in [2.45, 2.75) is 26.2 Å². The quantitative estimate of drug-likeness (QED) is 0.570. The summed E-state index contributed by atoms with van der Waals surface area (Å²) < 4.78 is 0. The molecule has 0 aromatic heterocycles. The van der Waals surface area contributed by atoms with E-state index in [1.165, 1.54) is 0 Å². The van der Waals surface area contributed by atoms with Crippen molar-refractivity contribution in [1.82, 2.24) is 0 Å². The smallest absolute Gasteiger partial charge is 0.170 e. The summed E-state index contributed by atoms with van der Waals surface area (Å²) in [5, 5.41) is 0. The highest BCUT2D eigenvalue weighted by Gasteiger charge is 2.14. The zero-order valence-corrected chi connectivity index (χ0v) is 12.5. The third-order valence-corrected chi connectivity index (χ3v) is 3.42. The molecule has 0 saturated carbocycles. The van der Waals surface area contributed by atoms with Crippen molar-refractivity contribution in [3.05, 3.63) is 71.3 Å². The highest BCUT2D eigenvalue weighted by molar-refractivity contribution is 6.13. The lowest BCUT2D eigenvalue weighted by Gasteiger charge is -2.03. The maximum absolute atomic E-state index is 12.1. The van der Waals surface area contributed by atoms with Crippen molar-refractivity contribution >= 4 is 17.3 Å². The molecule has 0 aliphatic rings. The van der Waals surface area contributed by atoms with Gasteiger partial charge in [0.2, 0.25) is 0 Å². The second-order valence-electron chi connectivity index (χ2n) is 5.14. The first-order chi connectivity index (χ1) is 10.6. The number of ketones is 3. The van der Waals surface area contributed by atoms with Gasteiger partial charge in [0.05, 0.1) is 6.42 Å². The molecule has 3 heteroatoms. The standard InChI is InChI=1S/C19H18O3/c1-2-6-17(20)15-9-11-16(12-10-15)19(22)13-18(21)14-7-4-3-5-8-14/h3-5,7-12H,2,6,13H2,1H3. The first-order valence-corrected chi connectivity index (χ1v) is 7.36. The molecule has 0 unspecified atom stereocenters. The average Bonchev–Trinajstić information content (AvgIpc) is 2.56. The molecule has 0 atom stereocenters. The molecule has 112 valence electrons. The maximum atomic E-state index is 12.1. The van der Waals surface area contributed by atoms with Crippen LogP contribution < -0.4 is 0 Å². The summed E-state index contributed by atoms with van der Waals surface area (Å²) >= 11 is 0. The van der Waals surface area contributed by atoms with Gasteiger partial charge in [-0.2, -0.15) is 0 Å². The summed E-state index contributed by atoms with van der Waals surface area (Å²) in [6.45, 7) is 1.95. The van der Waals surface area contributed by atoms with Gasteiger partial charge in [-0.05, 0) is 6.42 Å². The fraction of sp³-hybridized carbons (Fsp3) is 0.211. The number of benzene rings is 2. The number of Topliss-reactive ketones (excluding diaryl/α,β-unsaturated/α-hetero) is 3. The summed E-state index contributed by atoms with van der Waals surface area (Å²) in [4.78, 5) is 35.9. The van der Waals surface area contributed by atoms with Gasteiger partial charge in [-0.1, -0.05) is 61.5 Å². The molecule has 22 heavy (non-hydrogen) atoms. The predicted octanol–water partition coefficient (Wildman–Crippen LogP) is 4.13. The van der Waals surface area contributed by atoms with Gasteiger partial charge < -0.3 is 0 Å². The third kappa shape index (κ3) is 3.98. The number of rotatable bonds is 7. The normalized spacial score (nSPS) is 10.2. The van der Waals surface area contributed by atoms with E-state index in [0.29, 0.717) is 23.1 Å². The number of hydrogen-bond acceptors (Lipinski definition) is 3. The highest BCUT2D eigenvalue weighted by atomic mass is 16.1. The first-order valence-electron chi connectivity index (χ1n) is 7.36. The van der Waals surface area contributed by atoms with Crippen molar-refractivity contribution in [3.63, 3.8) is 0 Å². The second kappa shape index (κ2) is 7.46. The van der Waals surface area contributed by atoms with E-state index < -0.39 is 0 Å². The molecule has 0 bridgehead atoms. The van der Waals surface area contributed by atoms with Crippen LogP contribution in [0.15, 0.2) is 54.6 Å². The Morgan fingerprint density at radius 3 is 1.64 bits per heavy atom. The van der Waals surface area contributed by atoms with Crippen LogP contribution in [-0.4, -0.2) is 17.3 Å².